The van der Waals surface area contributed by atoms with Crippen LogP contribution in [0.5, 0.6) is 5.75 Å². The Kier molecular flexibility index (Phi) is 6.35. The van der Waals surface area contributed by atoms with Crippen LogP contribution in [0.4, 0.5) is 0 Å². The molecule has 0 atom stereocenters. The monoisotopic (exact) mass is 350 g/mol. The Morgan fingerprint density at radius 3 is 2.72 bits per heavy atom. The highest BCUT2D eigenvalue weighted by Gasteiger charge is 2.10. The van der Waals surface area contributed by atoms with Gasteiger partial charge in [-0.3, -0.25) is 0 Å². The molecule has 3 rings (SSSR count). The van der Waals surface area contributed by atoms with Gasteiger partial charge < -0.3 is 9.30 Å². The van der Waals surface area contributed by atoms with E-state index in [-0.39, 0.29) is 0 Å². The van der Waals surface area contributed by atoms with E-state index in [1.807, 2.05) is 47.4 Å². The maximum atomic E-state index is 5.87. The normalized spacial score (nSPS) is 11.1. The summed E-state index contributed by atoms with van der Waals surface area (Å²) in [5, 5.41) is 2.10. The first-order chi connectivity index (χ1) is 12.4. The summed E-state index contributed by atoms with van der Waals surface area (Å²) in [4.78, 5) is 4.51. The standard InChI is InChI=1S/C21H22N2OS/c1-2-15-24-20-11-7-6-10-19(20)21-22-12-13-23(21)14-16-25-17-18-8-4-3-5-9-18/h3-14,16H,2,15,17H2,1H3. The van der Waals surface area contributed by atoms with Gasteiger partial charge in [-0.05, 0) is 29.5 Å². The van der Waals surface area contributed by atoms with E-state index in [0.29, 0.717) is 6.61 Å². The maximum Gasteiger partial charge on any atom is 0.147 e. The molecule has 0 amide bonds. The van der Waals surface area contributed by atoms with E-state index in [1.165, 1.54) is 5.56 Å². The summed E-state index contributed by atoms with van der Waals surface area (Å²) in [6.07, 6.45) is 6.81. The molecule has 0 fully saturated rings. The van der Waals surface area contributed by atoms with Gasteiger partial charge in [0, 0.05) is 24.3 Å². The molecule has 128 valence electrons. The zero-order valence-corrected chi connectivity index (χ0v) is 15.2. The second kappa shape index (κ2) is 9.14. The lowest BCUT2D eigenvalue weighted by Gasteiger charge is -2.10. The molecule has 0 radical (unpaired) electrons. The number of para-hydroxylation sites is 1. The summed E-state index contributed by atoms with van der Waals surface area (Å²) in [5.74, 6) is 2.72. The van der Waals surface area contributed by atoms with Crippen LogP contribution in [0.3, 0.4) is 0 Å². The Bertz CT molecular complexity index is 812. The van der Waals surface area contributed by atoms with Crippen molar-refractivity contribution in [3.63, 3.8) is 0 Å². The minimum absolute atomic E-state index is 0.709. The first-order valence-corrected chi connectivity index (χ1v) is 9.50. The molecule has 0 aliphatic rings. The molecule has 0 saturated carbocycles. The molecule has 25 heavy (non-hydrogen) atoms. The Labute approximate surface area is 153 Å². The number of imidazole rings is 1. The van der Waals surface area contributed by atoms with Crippen LogP contribution in [-0.4, -0.2) is 16.2 Å². The predicted octanol–water partition coefficient (Wildman–Crippen LogP) is 5.70. The van der Waals surface area contributed by atoms with Crippen molar-refractivity contribution < 1.29 is 4.74 Å². The van der Waals surface area contributed by atoms with E-state index in [9.17, 15) is 0 Å². The number of aromatic nitrogens is 2. The van der Waals surface area contributed by atoms with Crippen molar-refractivity contribution in [3.8, 4) is 17.1 Å². The Balaban J connectivity index is 1.71. The third-order valence-corrected chi connectivity index (χ3v) is 4.48. The zero-order chi connectivity index (χ0) is 17.3. The highest BCUT2D eigenvalue weighted by Crippen LogP contribution is 2.29. The molecular formula is C21H22N2OS. The van der Waals surface area contributed by atoms with Gasteiger partial charge in [-0.25, -0.2) is 4.98 Å². The molecule has 0 N–H and O–H groups in total. The highest BCUT2D eigenvalue weighted by atomic mass is 32.2. The molecule has 0 aliphatic carbocycles. The Hall–Kier alpha value is -2.46. The fourth-order valence-electron chi connectivity index (χ4n) is 2.46. The van der Waals surface area contributed by atoms with Crippen LogP contribution in [-0.2, 0) is 5.75 Å². The van der Waals surface area contributed by atoms with Crippen LogP contribution in [0.1, 0.15) is 18.9 Å². The first-order valence-electron chi connectivity index (χ1n) is 8.45. The molecule has 3 nitrogen and oxygen atoms in total. The van der Waals surface area contributed by atoms with Crippen molar-refractivity contribution in [2.75, 3.05) is 6.61 Å². The smallest absolute Gasteiger partial charge is 0.147 e. The number of benzene rings is 2. The lowest BCUT2D eigenvalue weighted by Crippen LogP contribution is -1.99. The van der Waals surface area contributed by atoms with E-state index in [4.69, 9.17) is 4.74 Å². The molecule has 0 unspecified atom stereocenters. The lowest BCUT2D eigenvalue weighted by atomic mass is 10.2. The summed E-state index contributed by atoms with van der Waals surface area (Å²) in [6.45, 7) is 2.82. The summed E-state index contributed by atoms with van der Waals surface area (Å²) in [7, 11) is 0. The van der Waals surface area contributed by atoms with Gasteiger partial charge in [0.25, 0.3) is 0 Å². The fraction of sp³-hybridized carbons (Fsp3) is 0.190. The molecule has 0 spiro atoms. The first kappa shape index (κ1) is 17.4. The molecule has 0 bridgehead atoms. The van der Waals surface area contributed by atoms with Crippen LogP contribution in [0.25, 0.3) is 17.6 Å². The number of hydrogen-bond donors (Lipinski definition) is 0. The summed E-state index contributed by atoms with van der Waals surface area (Å²) in [6, 6.07) is 18.5. The van der Waals surface area contributed by atoms with Crippen molar-refractivity contribution in [2.24, 2.45) is 0 Å². The number of rotatable bonds is 8. The topological polar surface area (TPSA) is 27.1 Å². The molecule has 2 aromatic carbocycles. The number of thioether (sulfide) groups is 1. The minimum Gasteiger partial charge on any atom is -0.493 e. The van der Waals surface area contributed by atoms with E-state index >= 15 is 0 Å². The number of nitrogens with zero attached hydrogens (tertiary/aromatic N) is 2. The van der Waals surface area contributed by atoms with E-state index in [2.05, 4.69) is 47.6 Å². The van der Waals surface area contributed by atoms with Crippen molar-refractivity contribution in [1.29, 1.82) is 0 Å². The third kappa shape index (κ3) is 4.77. The predicted molar refractivity (Wildman–Crippen MR) is 107 cm³/mol. The quantitative estimate of drug-likeness (QED) is 0.521. The molecule has 0 aliphatic heterocycles. The van der Waals surface area contributed by atoms with Crippen LogP contribution >= 0.6 is 11.8 Å². The van der Waals surface area contributed by atoms with Crippen molar-refractivity contribution in [2.45, 2.75) is 19.1 Å². The summed E-state index contributed by atoms with van der Waals surface area (Å²) in [5.41, 5.74) is 2.33. The van der Waals surface area contributed by atoms with Crippen molar-refractivity contribution in [3.05, 3.63) is 78.0 Å². The SMILES string of the molecule is CCCOc1ccccc1-c1nccn1C=CSCc1ccccc1. The van der Waals surface area contributed by atoms with Gasteiger partial charge in [0.1, 0.15) is 11.6 Å². The molecular weight excluding hydrogens is 328 g/mol. The van der Waals surface area contributed by atoms with Gasteiger partial charge in [-0.2, -0.15) is 0 Å². The van der Waals surface area contributed by atoms with Gasteiger partial charge in [0.15, 0.2) is 0 Å². The summed E-state index contributed by atoms with van der Waals surface area (Å²) < 4.78 is 7.90. The molecule has 3 aromatic rings. The number of hydrogen-bond acceptors (Lipinski definition) is 3. The average molecular weight is 350 g/mol. The molecule has 1 aromatic heterocycles. The third-order valence-electron chi connectivity index (χ3n) is 3.67. The van der Waals surface area contributed by atoms with Gasteiger partial charge in [0.2, 0.25) is 0 Å². The van der Waals surface area contributed by atoms with Crippen LogP contribution in [0.15, 0.2) is 72.4 Å². The van der Waals surface area contributed by atoms with E-state index in [0.717, 1.165) is 29.3 Å². The largest absolute Gasteiger partial charge is 0.493 e. The summed E-state index contributed by atoms with van der Waals surface area (Å²) >= 11 is 1.77. The molecule has 1 heterocycles. The van der Waals surface area contributed by atoms with E-state index < -0.39 is 0 Å². The average Bonchev–Trinajstić information content (AvgIpc) is 3.13. The van der Waals surface area contributed by atoms with Gasteiger partial charge >= 0.3 is 0 Å². The lowest BCUT2D eigenvalue weighted by molar-refractivity contribution is 0.318. The maximum absolute atomic E-state index is 5.87. The molecule has 0 saturated heterocycles. The van der Waals surface area contributed by atoms with E-state index in [1.54, 1.807) is 11.8 Å². The van der Waals surface area contributed by atoms with Crippen molar-refractivity contribution >= 4 is 18.0 Å². The fourth-order valence-corrected chi connectivity index (χ4v) is 3.16. The van der Waals surface area contributed by atoms with Crippen LogP contribution in [0, 0.1) is 0 Å². The second-order valence-electron chi connectivity index (χ2n) is 5.58. The highest BCUT2D eigenvalue weighted by molar-refractivity contribution is 8.01. The zero-order valence-electron chi connectivity index (χ0n) is 14.3. The van der Waals surface area contributed by atoms with Gasteiger partial charge in [0.05, 0.1) is 12.2 Å². The second-order valence-corrected chi connectivity index (χ2v) is 6.48. The van der Waals surface area contributed by atoms with Crippen LogP contribution in [0.2, 0.25) is 0 Å². The Morgan fingerprint density at radius 1 is 1.08 bits per heavy atom. The minimum atomic E-state index is 0.709. The number of ether oxygens (including phenoxy) is 1. The Morgan fingerprint density at radius 2 is 1.88 bits per heavy atom. The van der Waals surface area contributed by atoms with Gasteiger partial charge in [-0.1, -0.05) is 49.4 Å². The van der Waals surface area contributed by atoms with Crippen molar-refractivity contribution in [1.82, 2.24) is 9.55 Å². The molecule has 4 heteroatoms. The van der Waals surface area contributed by atoms with Crippen LogP contribution < -0.4 is 4.74 Å². The van der Waals surface area contributed by atoms with Gasteiger partial charge in [-0.15, -0.1) is 11.8 Å².